The van der Waals surface area contributed by atoms with Gasteiger partial charge in [0.05, 0.1) is 24.3 Å². The van der Waals surface area contributed by atoms with Gasteiger partial charge in [0.15, 0.2) is 0 Å². The molecule has 0 aliphatic carbocycles. The second-order valence-corrected chi connectivity index (χ2v) is 6.85. The van der Waals surface area contributed by atoms with Crippen LogP contribution in [-0.2, 0) is 9.59 Å². The Bertz CT molecular complexity index is 884. The molecule has 1 fully saturated rings. The Balaban J connectivity index is 1.60. The molecule has 1 heterocycles. The number of methoxy groups -OCH3 is 1. The van der Waals surface area contributed by atoms with E-state index in [0.29, 0.717) is 27.9 Å². The maximum absolute atomic E-state index is 12.3. The van der Waals surface area contributed by atoms with Crippen molar-refractivity contribution in [2.75, 3.05) is 18.6 Å². The first-order chi connectivity index (χ1) is 13.0. The number of anilines is 1. The van der Waals surface area contributed by atoms with Gasteiger partial charge in [0.1, 0.15) is 5.75 Å². The van der Waals surface area contributed by atoms with Gasteiger partial charge < -0.3 is 9.64 Å². The summed E-state index contributed by atoms with van der Waals surface area (Å²) in [6.07, 6.45) is 1.57. The fraction of sp³-hybridized carbons (Fsp3) is 0.211. The molecular weight excluding hydrogens is 389 g/mol. The van der Waals surface area contributed by atoms with Crippen LogP contribution in [0.4, 0.5) is 5.69 Å². The number of hydrogen-bond donors (Lipinski definition) is 1. The van der Waals surface area contributed by atoms with Crippen LogP contribution in [0.15, 0.2) is 47.6 Å². The van der Waals surface area contributed by atoms with E-state index in [4.69, 9.17) is 27.9 Å². The van der Waals surface area contributed by atoms with Gasteiger partial charge in [-0.2, -0.15) is 5.10 Å². The van der Waals surface area contributed by atoms with Crippen molar-refractivity contribution in [1.29, 1.82) is 0 Å². The zero-order valence-electron chi connectivity index (χ0n) is 14.5. The molecular formula is C19H17Cl2N3O3. The predicted molar refractivity (Wildman–Crippen MR) is 106 cm³/mol. The fourth-order valence-electron chi connectivity index (χ4n) is 2.76. The number of rotatable bonds is 5. The largest absolute Gasteiger partial charge is 0.497 e. The molecule has 8 heteroatoms. The monoisotopic (exact) mass is 405 g/mol. The van der Waals surface area contributed by atoms with Crippen molar-refractivity contribution in [3.05, 3.63) is 58.1 Å². The highest BCUT2D eigenvalue weighted by Gasteiger charge is 2.35. The summed E-state index contributed by atoms with van der Waals surface area (Å²) in [6, 6.07) is 12.1. The molecule has 0 spiro atoms. The number of ether oxygens (including phenoxy) is 1. The van der Waals surface area contributed by atoms with E-state index in [0.717, 1.165) is 5.69 Å². The molecule has 2 aromatic carbocycles. The van der Waals surface area contributed by atoms with Gasteiger partial charge in [-0.1, -0.05) is 29.3 Å². The lowest BCUT2D eigenvalue weighted by molar-refractivity contribution is -0.126. The molecule has 1 aliphatic heterocycles. The molecule has 140 valence electrons. The number of nitrogens with zero attached hydrogens (tertiary/aromatic N) is 2. The van der Waals surface area contributed by atoms with Crippen molar-refractivity contribution in [3.63, 3.8) is 0 Å². The molecule has 1 atom stereocenters. The molecule has 3 rings (SSSR count). The van der Waals surface area contributed by atoms with Crippen LogP contribution >= 0.6 is 23.2 Å². The quantitative estimate of drug-likeness (QED) is 0.610. The number of benzene rings is 2. The van der Waals surface area contributed by atoms with Crippen LogP contribution in [-0.4, -0.2) is 31.7 Å². The Morgan fingerprint density at radius 2 is 2.00 bits per heavy atom. The highest BCUT2D eigenvalue weighted by atomic mass is 35.5. The summed E-state index contributed by atoms with van der Waals surface area (Å²) in [5, 5.41) is 4.87. The third-order valence-corrected chi connectivity index (χ3v) is 4.78. The number of amides is 2. The standard InChI is InChI=1S/C19H17Cl2N3O3/c1-27-16-6-4-15(5-7-16)24-11-13(8-18(24)25)19(26)23-22-10-12-2-3-14(20)9-17(12)21/h2-7,9-10,13H,8,11H2,1H3,(H,23,26)/b22-10-/t13-/m1/s1. The number of carbonyl (C=O) groups is 2. The summed E-state index contributed by atoms with van der Waals surface area (Å²) < 4.78 is 5.11. The molecule has 1 saturated heterocycles. The van der Waals surface area contributed by atoms with Gasteiger partial charge in [0.2, 0.25) is 11.8 Å². The van der Waals surface area contributed by atoms with Crippen LogP contribution < -0.4 is 15.1 Å². The van der Waals surface area contributed by atoms with Gasteiger partial charge in [0, 0.05) is 29.2 Å². The average Bonchev–Trinajstić information content (AvgIpc) is 3.05. The molecule has 0 unspecified atom stereocenters. The van der Waals surface area contributed by atoms with Crippen molar-refractivity contribution in [2.45, 2.75) is 6.42 Å². The SMILES string of the molecule is COc1ccc(N2C[C@H](C(=O)N/N=C\c3ccc(Cl)cc3Cl)CC2=O)cc1. The lowest BCUT2D eigenvalue weighted by atomic mass is 10.1. The predicted octanol–water partition coefficient (Wildman–Crippen LogP) is 3.51. The van der Waals surface area contributed by atoms with E-state index in [1.165, 1.54) is 6.21 Å². The van der Waals surface area contributed by atoms with Gasteiger partial charge >= 0.3 is 0 Å². The Labute approximate surface area is 166 Å². The third-order valence-electron chi connectivity index (χ3n) is 4.22. The first-order valence-corrected chi connectivity index (χ1v) is 8.96. The van der Waals surface area contributed by atoms with E-state index >= 15 is 0 Å². The molecule has 0 saturated carbocycles. The van der Waals surface area contributed by atoms with E-state index < -0.39 is 5.92 Å². The first kappa shape index (κ1) is 19.2. The highest BCUT2D eigenvalue weighted by Crippen LogP contribution is 2.27. The number of hydrogen-bond acceptors (Lipinski definition) is 4. The third kappa shape index (κ3) is 4.59. The molecule has 1 aliphatic rings. The van der Waals surface area contributed by atoms with Gasteiger partial charge in [-0.05, 0) is 36.4 Å². The Morgan fingerprint density at radius 1 is 1.26 bits per heavy atom. The van der Waals surface area contributed by atoms with E-state index in [9.17, 15) is 9.59 Å². The molecule has 0 bridgehead atoms. The van der Waals surface area contributed by atoms with Gasteiger partial charge in [-0.15, -0.1) is 0 Å². The van der Waals surface area contributed by atoms with Crippen LogP contribution in [0.5, 0.6) is 5.75 Å². The minimum Gasteiger partial charge on any atom is -0.497 e. The van der Waals surface area contributed by atoms with Gasteiger partial charge in [0.25, 0.3) is 0 Å². The minimum atomic E-state index is -0.475. The Hall–Kier alpha value is -2.57. The smallest absolute Gasteiger partial charge is 0.245 e. The summed E-state index contributed by atoms with van der Waals surface area (Å²) in [5.41, 5.74) is 3.82. The molecule has 1 N–H and O–H groups in total. The second kappa shape index (κ2) is 8.41. The number of carbonyl (C=O) groups excluding carboxylic acids is 2. The minimum absolute atomic E-state index is 0.106. The number of nitrogens with one attached hydrogen (secondary N) is 1. The van der Waals surface area contributed by atoms with Crippen molar-refractivity contribution in [1.82, 2.24) is 5.43 Å². The van der Waals surface area contributed by atoms with Crippen LogP contribution in [0, 0.1) is 5.92 Å². The molecule has 2 aromatic rings. The fourth-order valence-corrected chi connectivity index (χ4v) is 3.22. The summed E-state index contributed by atoms with van der Waals surface area (Å²) in [6.45, 7) is 0.300. The second-order valence-electron chi connectivity index (χ2n) is 6.00. The number of hydrazone groups is 1. The maximum Gasteiger partial charge on any atom is 0.245 e. The Kier molecular flexibility index (Phi) is 5.98. The van der Waals surface area contributed by atoms with Crippen LogP contribution in [0.25, 0.3) is 0 Å². The van der Waals surface area contributed by atoms with Gasteiger partial charge in [-0.25, -0.2) is 5.43 Å². The van der Waals surface area contributed by atoms with E-state index in [1.807, 2.05) is 0 Å². The summed E-state index contributed by atoms with van der Waals surface area (Å²) >= 11 is 11.9. The van der Waals surface area contributed by atoms with Crippen molar-refractivity contribution < 1.29 is 14.3 Å². The molecule has 0 radical (unpaired) electrons. The molecule has 6 nitrogen and oxygen atoms in total. The van der Waals surface area contributed by atoms with E-state index in [1.54, 1.807) is 54.5 Å². The van der Waals surface area contributed by atoms with Crippen LogP contribution in [0.1, 0.15) is 12.0 Å². The van der Waals surface area contributed by atoms with Crippen molar-refractivity contribution in [2.24, 2.45) is 11.0 Å². The zero-order valence-corrected chi connectivity index (χ0v) is 16.0. The molecule has 27 heavy (non-hydrogen) atoms. The van der Waals surface area contributed by atoms with Crippen LogP contribution in [0.3, 0.4) is 0 Å². The van der Waals surface area contributed by atoms with Gasteiger partial charge in [-0.3, -0.25) is 9.59 Å². The first-order valence-electron chi connectivity index (χ1n) is 8.20. The normalized spacial score (nSPS) is 16.8. The van der Waals surface area contributed by atoms with E-state index in [2.05, 4.69) is 10.5 Å². The zero-order chi connectivity index (χ0) is 19.4. The molecule has 2 amide bonds. The van der Waals surface area contributed by atoms with Crippen molar-refractivity contribution in [3.8, 4) is 5.75 Å². The summed E-state index contributed by atoms with van der Waals surface area (Å²) in [5.74, 6) is -0.196. The topological polar surface area (TPSA) is 71.0 Å². The molecule has 0 aromatic heterocycles. The number of halogens is 2. The highest BCUT2D eigenvalue weighted by molar-refractivity contribution is 6.36. The Morgan fingerprint density at radius 3 is 2.67 bits per heavy atom. The lowest BCUT2D eigenvalue weighted by Crippen LogP contribution is -2.30. The van der Waals surface area contributed by atoms with E-state index in [-0.39, 0.29) is 18.2 Å². The lowest BCUT2D eigenvalue weighted by Gasteiger charge is -2.16. The summed E-state index contributed by atoms with van der Waals surface area (Å²) in [7, 11) is 1.58. The average molecular weight is 406 g/mol. The maximum atomic E-state index is 12.3. The summed E-state index contributed by atoms with van der Waals surface area (Å²) in [4.78, 5) is 26.2. The van der Waals surface area contributed by atoms with Crippen molar-refractivity contribution >= 4 is 46.9 Å². The van der Waals surface area contributed by atoms with Crippen LogP contribution in [0.2, 0.25) is 10.0 Å².